The lowest BCUT2D eigenvalue weighted by Crippen LogP contribution is -2.44. The minimum Gasteiger partial charge on any atom is -0.465 e. The molecule has 1 aromatic rings. The van der Waals surface area contributed by atoms with Crippen molar-refractivity contribution in [2.75, 3.05) is 37.5 Å². The van der Waals surface area contributed by atoms with Crippen molar-refractivity contribution in [1.29, 1.82) is 0 Å². The normalized spacial score (nSPS) is 16.6. The molecule has 0 unspecified atom stereocenters. The van der Waals surface area contributed by atoms with Gasteiger partial charge in [0.25, 0.3) is 0 Å². The molecule has 0 spiro atoms. The Kier molecular flexibility index (Phi) is 8.22. The Labute approximate surface area is 206 Å². The first-order valence-corrected chi connectivity index (χ1v) is 11.5. The molecule has 2 heterocycles. The summed E-state index contributed by atoms with van der Waals surface area (Å²) in [6.07, 6.45) is 7.93. The number of ether oxygens (including phenoxy) is 3. The van der Waals surface area contributed by atoms with E-state index in [0.29, 0.717) is 18.8 Å². The van der Waals surface area contributed by atoms with E-state index >= 15 is 0 Å². The van der Waals surface area contributed by atoms with Gasteiger partial charge in [-0.3, -0.25) is 0 Å². The van der Waals surface area contributed by atoms with Crippen LogP contribution in [0.15, 0.2) is 60.0 Å². The van der Waals surface area contributed by atoms with Gasteiger partial charge in [0.2, 0.25) is 0 Å². The molecule has 0 radical (unpaired) electrons. The number of hydrogen-bond acceptors (Lipinski definition) is 8. The lowest BCUT2D eigenvalue weighted by molar-refractivity contribution is -0.139. The molecule has 188 valence electrons. The predicted octanol–water partition coefficient (Wildman–Crippen LogP) is 3.99. The first kappa shape index (κ1) is 25.9. The third kappa shape index (κ3) is 6.65. The lowest BCUT2D eigenvalue weighted by atomic mass is 10.0. The summed E-state index contributed by atoms with van der Waals surface area (Å²) in [5.41, 5.74) is 1.26. The third-order valence-corrected chi connectivity index (χ3v) is 5.55. The summed E-state index contributed by atoms with van der Waals surface area (Å²) in [4.78, 5) is 40.5. The van der Waals surface area contributed by atoms with Gasteiger partial charge in [0.05, 0.1) is 19.8 Å². The fourth-order valence-corrected chi connectivity index (χ4v) is 3.85. The van der Waals surface area contributed by atoms with Gasteiger partial charge in [-0.25, -0.2) is 14.4 Å². The van der Waals surface area contributed by atoms with E-state index < -0.39 is 17.5 Å². The van der Waals surface area contributed by atoms with Gasteiger partial charge < -0.3 is 29.3 Å². The maximum absolute atomic E-state index is 12.6. The van der Waals surface area contributed by atoms with Crippen LogP contribution in [0.3, 0.4) is 0 Å². The smallest absolute Gasteiger partial charge is 0.410 e. The average Bonchev–Trinajstić information content (AvgIpc) is 3.06. The molecule has 1 N–H and O–H groups in total. The molecule has 0 bridgehead atoms. The van der Waals surface area contributed by atoms with Gasteiger partial charge in [0.1, 0.15) is 11.3 Å². The Morgan fingerprint density at radius 2 is 1.57 bits per heavy atom. The van der Waals surface area contributed by atoms with Gasteiger partial charge in [0, 0.05) is 36.7 Å². The molecule has 0 aliphatic carbocycles. The second kappa shape index (κ2) is 11.1. The molecule has 9 nitrogen and oxygen atoms in total. The van der Waals surface area contributed by atoms with Crippen LogP contribution >= 0.6 is 0 Å². The van der Waals surface area contributed by atoms with Crippen LogP contribution in [0.1, 0.15) is 33.6 Å². The summed E-state index contributed by atoms with van der Waals surface area (Å²) in [6, 6.07) is 7.75. The number of carbonyl (C=O) groups excluding carboxylic acids is 3. The van der Waals surface area contributed by atoms with Gasteiger partial charge >= 0.3 is 18.0 Å². The second-order valence-corrected chi connectivity index (χ2v) is 9.25. The first-order chi connectivity index (χ1) is 16.6. The highest BCUT2D eigenvalue weighted by molar-refractivity contribution is 6.05. The number of hydrogen-bond donors (Lipinski definition) is 1. The number of nitrogens with one attached hydrogen (secondary N) is 1. The molecule has 2 aliphatic rings. The monoisotopic (exact) mass is 483 g/mol. The molecular weight excluding hydrogens is 450 g/mol. The zero-order valence-corrected chi connectivity index (χ0v) is 20.9. The van der Waals surface area contributed by atoms with E-state index in [1.54, 1.807) is 28.2 Å². The summed E-state index contributed by atoms with van der Waals surface area (Å²) in [5.74, 6) is -1.29. The van der Waals surface area contributed by atoms with Crippen molar-refractivity contribution >= 4 is 29.4 Å². The molecule has 9 heteroatoms. The van der Waals surface area contributed by atoms with E-state index in [1.165, 1.54) is 20.3 Å². The van der Waals surface area contributed by atoms with Crippen molar-refractivity contribution in [2.24, 2.45) is 0 Å². The van der Waals surface area contributed by atoms with Crippen LogP contribution in [-0.4, -0.2) is 61.9 Å². The fourth-order valence-electron chi connectivity index (χ4n) is 3.85. The van der Waals surface area contributed by atoms with Gasteiger partial charge in [-0.2, -0.15) is 0 Å². The number of amides is 1. The van der Waals surface area contributed by atoms with Crippen LogP contribution in [-0.2, 0) is 23.8 Å². The number of carbonyl (C=O) groups is 3. The van der Waals surface area contributed by atoms with Gasteiger partial charge in [-0.1, -0.05) is 6.08 Å². The molecule has 1 amide bonds. The fraction of sp³-hybridized carbons (Fsp3) is 0.423. The van der Waals surface area contributed by atoms with E-state index in [1.807, 2.05) is 45.0 Å². The van der Waals surface area contributed by atoms with Crippen LogP contribution in [0.5, 0.6) is 0 Å². The second-order valence-electron chi connectivity index (χ2n) is 9.25. The summed E-state index contributed by atoms with van der Waals surface area (Å²) >= 11 is 0. The molecule has 0 atom stereocenters. The van der Waals surface area contributed by atoms with Crippen molar-refractivity contribution < 1.29 is 28.6 Å². The standard InChI is InChI=1S/C26H33N3O6/c1-26(2,3)35-25(32)28-16-13-19(14-17-28)27-18-9-11-20(12-10-18)29-15-7-6-8-21(23(30)33-4)22(29)24(31)34-5/h6-12,15,19,27H,13-14,16-17H2,1-5H3. The van der Waals surface area contributed by atoms with E-state index in [4.69, 9.17) is 14.2 Å². The quantitative estimate of drug-likeness (QED) is 0.496. The number of esters is 2. The highest BCUT2D eigenvalue weighted by atomic mass is 16.6. The molecule has 3 rings (SSSR count). The zero-order chi connectivity index (χ0) is 25.6. The molecular formula is C26H33N3O6. The highest BCUT2D eigenvalue weighted by Crippen LogP contribution is 2.28. The summed E-state index contributed by atoms with van der Waals surface area (Å²) in [5, 5.41) is 3.51. The van der Waals surface area contributed by atoms with Gasteiger partial charge in [-0.15, -0.1) is 0 Å². The molecule has 0 saturated carbocycles. The number of piperidine rings is 1. The van der Waals surface area contributed by atoms with Crippen LogP contribution in [0, 0.1) is 0 Å². The summed E-state index contributed by atoms with van der Waals surface area (Å²) < 4.78 is 15.2. The Hall–Kier alpha value is -3.75. The van der Waals surface area contributed by atoms with Crippen molar-refractivity contribution in [1.82, 2.24) is 4.90 Å². The molecule has 1 aromatic carbocycles. The van der Waals surface area contributed by atoms with Crippen molar-refractivity contribution in [3.63, 3.8) is 0 Å². The first-order valence-electron chi connectivity index (χ1n) is 11.5. The number of nitrogens with zero attached hydrogens (tertiary/aromatic N) is 2. The summed E-state index contributed by atoms with van der Waals surface area (Å²) in [6.45, 7) is 6.84. The Balaban J connectivity index is 1.69. The van der Waals surface area contributed by atoms with E-state index in [-0.39, 0.29) is 23.4 Å². The maximum Gasteiger partial charge on any atom is 0.410 e. The molecule has 35 heavy (non-hydrogen) atoms. The van der Waals surface area contributed by atoms with Crippen molar-refractivity contribution in [3.05, 3.63) is 60.0 Å². The summed E-state index contributed by atoms with van der Waals surface area (Å²) in [7, 11) is 2.53. The number of benzene rings is 1. The van der Waals surface area contributed by atoms with Crippen molar-refractivity contribution in [3.8, 4) is 0 Å². The van der Waals surface area contributed by atoms with Crippen LogP contribution < -0.4 is 10.2 Å². The van der Waals surface area contributed by atoms with E-state index in [9.17, 15) is 14.4 Å². The largest absolute Gasteiger partial charge is 0.465 e. The number of rotatable bonds is 5. The average molecular weight is 484 g/mol. The van der Waals surface area contributed by atoms with Crippen LogP contribution in [0.2, 0.25) is 0 Å². The Morgan fingerprint density at radius 3 is 2.14 bits per heavy atom. The van der Waals surface area contributed by atoms with Crippen LogP contribution in [0.4, 0.5) is 16.2 Å². The molecule has 2 aliphatic heterocycles. The predicted molar refractivity (Wildman–Crippen MR) is 133 cm³/mol. The van der Waals surface area contributed by atoms with E-state index in [0.717, 1.165) is 18.5 Å². The number of allylic oxidation sites excluding steroid dienone is 2. The van der Waals surface area contributed by atoms with E-state index in [2.05, 4.69) is 5.32 Å². The van der Waals surface area contributed by atoms with Crippen LogP contribution in [0.25, 0.3) is 0 Å². The minimum absolute atomic E-state index is 0.0690. The zero-order valence-electron chi connectivity index (χ0n) is 20.9. The lowest BCUT2D eigenvalue weighted by Gasteiger charge is -2.34. The number of anilines is 2. The molecule has 1 saturated heterocycles. The SMILES string of the molecule is COC(=O)C1=C(C(=O)OC)N(c2ccc(NC3CCN(C(=O)OC(C)(C)C)CC3)cc2)C=CC=C1. The topological polar surface area (TPSA) is 97.4 Å². The molecule has 0 aromatic heterocycles. The third-order valence-electron chi connectivity index (χ3n) is 5.55. The number of likely N-dealkylation sites (tertiary alicyclic amines) is 1. The highest BCUT2D eigenvalue weighted by Gasteiger charge is 2.28. The van der Waals surface area contributed by atoms with Gasteiger partial charge in [0.15, 0.2) is 0 Å². The molecule has 1 fully saturated rings. The van der Waals surface area contributed by atoms with Crippen molar-refractivity contribution in [2.45, 2.75) is 45.3 Å². The Bertz CT molecular complexity index is 1030. The Morgan fingerprint density at radius 1 is 0.943 bits per heavy atom. The van der Waals surface area contributed by atoms with Gasteiger partial charge in [-0.05, 0) is 70.0 Å². The minimum atomic E-state index is -0.652. The maximum atomic E-state index is 12.6. The number of methoxy groups -OCH3 is 2.